The molecule has 33 heavy (non-hydrogen) atoms. The number of nitrogens with zero attached hydrogens (tertiary/aromatic N) is 4. The number of benzene rings is 1. The quantitative estimate of drug-likeness (QED) is 0.365. The smallest absolute Gasteiger partial charge is 0.224 e. The summed E-state index contributed by atoms with van der Waals surface area (Å²) in [6.07, 6.45) is 3.89. The molecule has 1 aromatic carbocycles. The third kappa shape index (κ3) is 5.27. The molecule has 4 rings (SSSR count). The van der Waals surface area contributed by atoms with E-state index in [-0.39, 0.29) is 17.9 Å². The van der Waals surface area contributed by atoms with Gasteiger partial charge in [0.05, 0.1) is 28.0 Å². The summed E-state index contributed by atoms with van der Waals surface area (Å²) in [6, 6.07) is 3.22. The number of nitrogens with two attached hydrogens (primary N) is 1. The number of nitrogens with one attached hydrogen (secondary N) is 2. The normalized spacial score (nSPS) is 19.4. The molecule has 0 radical (unpaired) electrons. The Bertz CT molecular complexity index is 1150. The lowest BCUT2D eigenvalue weighted by atomic mass is 9.85. The number of aliphatic hydroxyl groups excluding tert-OH is 1. The van der Waals surface area contributed by atoms with Crippen LogP contribution < -0.4 is 16.4 Å². The predicted molar refractivity (Wildman–Crippen MR) is 130 cm³/mol. The standard InChI is InChI=1S/C21H24Cl3N7O2/c1-10(32)8-26-20-27-9-16-19(30-20)31(13-4-2-11(3-5-13)18(25)33)21(28-16)29-17-14(23)6-12(22)7-15(17)24/h6-7,9-11,13,32H,2-5,8H2,1H3,(H2,25,33)(H,28,29)(H,26,27,30)/t10-,11-,13+/m1/s1. The molecule has 5 N–H and O–H groups in total. The first-order valence-electron chi connectivity index (χ1n) is 10.6. The second kappa shape index (κ2) is 9.89. The highest BCUT2D eigenvalue weighted by Crippen LogP contribution is 2.40. The van der Waals surface area contributed by atoms with Gasteiger partial charge >= 0.3 is 0 Å². The van der Waals surface area contributed by atoms with E-state index >= 15 is 0 Å². The number of anilines is 3. The average Bonchev–Trinajstić information content (AvgIpc) is 3.12. The molecule has 1 atom stereocenters. The molecule has 1 aliphatic carbocycles. The molecule has 3 aromatic rings. The summed E-state index contributed by atoms with van der Waals surface area (Å²) >= 11 is 18.8. The van der Waals surface area contributed by atoms with Crippen molar-refractivity contribution in [2.75, 3.05) is 17.2 Å². The fourth-order valence-corrected chi connectivity index (χ4v) is 4.95. The SMILES string of the molecule is C[C@@H](O)CNc1ncc2nc(Nc3c(Cl)cc(Cl)cc3Cl)n([C@H]3CC[C@@H](C(N)=O)CC3)c2n1. The van der Waals surface area contributed by atoms with E-state index in [4.69, 9.17) is 40.5 Å². The minimum atomic E-state index is -0.551. The van der Waals surface area contributed by atoms with E-state index in [1.807, 2.05) is 4.57 Å². The molecule has 1 fully saturated rings. The van der Waals surface area contributed by atoms with Crippen LogP contribution in [0.3, 0.4) is 0 Å². The van der Waals surface area contributed by atoms with Crippen LogP contribution in [-0.4, -0.2) is 43.2 Å². The number of hydrogen-bond acceptors (Lipinski definition) is 7. The number of fused-ring (bicyclic) bond motifs is 1. The van der Waals surface area contributed by atoms with E-state index in [0.29, 0.717) is 63.2 Å². The lowest BCUT2D eigenvalue weighted by molar-refractivity contribution is -0.122. The highest BCUT2D eigenvalue weighted by atomic mass is 35.5. The Morgan fingerprint density at radius 3 is 2.48 bits per heavy atom. The van der Waals surface area contributed by atoms with Gasteiger partial charge in [-0.1, -0.05) is 34.8 Å². The number of aromatic nitrogens is 4. The van der Waals surface area contributed by atoms with Crippen molar-refractivity contribution in [1.29, 1.82) is 0 Å². The summed E-state index contributed by atoms with van der Waals surface area (Å²) in [5.74, 6) is 0.476. The zero-order chi connectivity index (χ0) is 23.7. The average molecular weight is 513 g/mol. The van der Waals surface area contributed by atoms with Gasteiger partial charge in [0.2, 0.25) is 17.8 Å². The van der Waals surface area contributed by atoms with Crippen molar-refractivity contribution >= 4 is 69.5 Å². The van der Waals surface area contributed by atoms with Crippen molar-refractivity contribution in [2.24, 2.45) is 11.7 Å². The van der Waals surface area contributed by atoms with Gasteiger partial charge in [0, 0.05) is 23.5 Å². The molecule has 12 heteroatoms. The monoisotopic (exact) mass is 511 g/mol. The fourth-order valence-electron chi connectivity index (χ4n) is 4.04. The maximum absolute atomic E-state index is 11.6. The van der Waals surface area contributed by atoms with Crippen LogP contribution in [0.25, 0.3) is 11.2 Å². The Kier molecular flexibility index (Phi) is 7.13. The lowest BCUT2D eigenvalue weighted by Crippen LogP contribution is -2.28. The first-order chi connectivity index (χ1) is 15.7. The van der Waals surface area contributed by atoms with E-state index in [2.05, 4.69) is 25.6 Å². The third-order valence-electron chi connectivity index (χ3n) is 5.70. The first-order valence-corrected chi connectivity index (χ1v) is 11.7. The summed E-state index contributed by atoms with van der Waals surface area (Å²) in [4.78, 5) is 25.3. The van der Waals surface area contributed by atoms with Gasteiger partial charge in [-0.05, 0) is 44.7 Å². The molecule has 0 saturated heterocycles. The number of carbonyl (C=O) groups is 1. The van der Waals surface area contributed by atoms with Gasteiger partial charge in [0.25, 0.3) is 0 Å². The largest absolute Gasteiger partial charge is 0.392 e. The topological polar surface area (TPSA) is 131 Å². The van der Waals surface area contributed by atoms with Gasteiger partial charge < -0.3 is 21.5 Å². The third-order valence-corrected chi connectivity index (χ3v) is 6.51. The molecule has 0 aliphatic heterocycles. The molecule has 0 spiro atoms. The maximum atomic E-state index is 11.6. The summed E-state index contributed by atoms with van der Waals surface area (Å²) < 4.78 is 1.99. The Balaban J connectivity index is 1.75. The van der Waals surface area contributed by atoms with Crippen molar-refractivity contribution in [2.45, 2.75) is 44.8 Å². The molecular weight excluding hydrogens is 489 g/mol. The molecule has 2 aromatic heterocycles. The summed E-state index contributed by atoms with van der Waals surface area (Å²) in [5.41, 5.74) is 7.19. The first kappa shape index (κ1) is 23.8. The molecule has 1 saturated carbocycles. The van der Waals surface area contributed by atoms with Crippen LogP contribution in [0.1, 0.15) is 38.6 Å². The highest BCUT2D eigenvalue weighted by molar-refractivity contribution is 6.41. The number of hydrogen-bond donors (Lipinski definition) is 4. The number of rotatable bonds is 7. The second-order valence-electron chi connectivity index (χ2n) is 8.22. The lowest BCUT2D eigenvalue weighted by Gasteiger charge is -2.29. The second-order valence-corrected chi connectivity index (χ2v) is 9.47. The van der Waals surface area contributed by atoms with E-state index in [9.17, 15) is 9.90 Å². The van der Waals surface area contributed by atoms with Crippen molar-refractivity contribution in [1.82, 2.24) is 19.5 Å². The van der Waals surface area contributed by atoms with E-state index in [1.54, 1.807) is 25.3 Å². The molecule has 0 bridgehead atoms. The van der Waals surface area contributed by atoms with Gasteiger partial charge in [-0.2, -0.15) is 4.98 Å². The van der Waals surface area contributed by atoms with E-state index < -0.39 is 6.10 Å². The number of imidazole rings is 1. The number of amides is 1. The van der Waals surface area contributed by atoms with E-state index in [0.717, 1.165) is 12.8 Å². The fraction of sp³-hybridized carbons (Fsp3) is 0.429. The van der Waals surface area contributed by atoms with Gasteiger partial charge in [0.1, 0.15) is 5.52 Å². The molecule has 1 aliphatic rings. The van der Waals surface area contributed by atoms with Crippen LogP contribution in [0.5, 0.6) is 0 Å². The molecule has 0 unspecified atom stereocenters. The van der Waals surface area contributed by atoms with Crippen LogP contribution in [0, 0.1) is 5.92 Å². The Labute approximate surface area is 205 Å². The Hall–Kier alpha value is -2.33. The minimum Gasteiger partial charge on any atom is -0.392 e. The Morgan fingerprint density at radius 1 is 1.21 bits per heavy atom. The Morgan fingerprint density at radius 2 is 1.88 bits per heavy atom. The highest BCUT2D eigenvalue weighted by Gasteiger charge is 2.29. The van der Waals surface area contributed by atoms with Crippen LogP contribution >= 0.6 is 34.8 Å². The van der Waals surface area contributed by atoms with Crippen LogP contribution in [0.15, 0.2) is 18.3 Å². The summed E-state index contributed by atoms with van der Waals surface area (Å²) in [5, 5.41) is 17.0. The van der Waals surface area contributed by atoms with Crippen molar-refractivity contribution in [3.63, 3.8) is 0 Å². The minimum absolute atomic E-state index is 0.0254. The van der Waals surface area contributed by atoms with Gasteiger partial charge in [-0.25, -0.2) is 9.97 Å². The predicted octanol–water partition coefficient (Wildman–Crippen LogP) is 4.54. The number of aliphatic hydroxyl groups is 1. The van der Waals surface area contributed by atoms with Crippen LogP contribution in [-0.2, 0) is 4.79 Å². The summed E-state index contributed by atoms with van der Waals surface area (Å²) in [6.45, 7) is 1.99. The zero-order valence-electron chi connectivity index (χ0n) is 17.9. The van der Waals surface area contributed by atoms with Crippen molar-refractivity contribution < 1.29 is 9.90 Å². The summed E-state index contributed by atoms with van der Waals surface area (Å²) in [7, 11) is 0. The maximum Gasteiger partial charge on any atom is 0.224 e. The van der Waals surface area contributed by atoms with E-state index in [1.165, 1.54) is 0 Å². The van der Waals surface area contributed by atoms with Crippen molar-refractivity contribution in [3.05, 3.63) is 33.4 Å². The number of primary amides is 1. The molecule has 1 amide bonds. The molecule has 176 valence electrons. The van der Waals surface area contributed by atoms with Gasteiger partial charge in [-0.3, -0.25) is 9.36 Å². The van der Waals surface area contributed by atoms with Gasteiger partial charge in [-0.15, -0.1) is 0 Å². The van der Waals surface area contributed by atoms with Gasteiger partial charge in [0.15, 0.2) is 5.65 Å². The molecule has 2 heterocycles. The molecular formula is C21H24Cl3N7O2. The van der Waals surface area contributed by atoms with Crippen molar-refractivity contribution in [3.8, 4) is 0 Å². The number of carbonyl (C=O) groups excluding carboxylic acids is 1. The van der Waals surface area contributed by atoms with Crippen LogP contribution in [0.4, 0.5) is 17.6 Å². The van der Waals surface area contributed by atoms with Crippen LogP contribution in [0.2, 0.25) is 15.1 Å². The zero-order valence-corrected chi connectivity index (χ0v) is 20.1. The molecule has 9 nitrogen and oxygen atoms in total. The number of halogens is 3.